The van der Waals surface area contributed by atoms with Gasteiger partial charge < -0.3 is 0 Å². The number of hydrogen-bond acceptors (Lipinski definition) is 3. The number of carbonyl (C=O) groups excluding carboxylic acids is 1. The molecule has 1 aromatic rings. The molecule has 0 saturated carbocycles. The Kier molecular flexibility index (Phi) is 1.91. The van der Waals surface area contributed by atoms with Crippen molar-refractivity contribution >= 4 is 5.91 Å². The predicted molar refractivity (Wildman–Crippen MR) is 39.6 cm³/mol. The van der Waals surface area contributed by atoms with Gasteiger partial charge in [0.15, 0.2) is 0 Å². The van der Waals surface area contributed by atoms with Crippen LogP contribution in [0.25, 0.3) is 0 Å². The second-order valence-electron chi connectivity index (χ2n) is 2.27. The summed E-state index contributed by atoms with van der Waals surface area (Å²) in [6.45, 7) is 1.80. The standard InChI is InChI=1S/C6H10N4O/c1-4-3-8-10(2)5(4)6(11)9-7/h3H,7H2,1-2H3,(H,9,11). The number of nitrogens with one attached hydrogen (secondary N) is 1. The fourth-order valence-corrected chi connectivity index (χ4v) is 0.942. The molecule has 0 saturated heterocycles. The summed E-state index contributed by atoms with van der Waals surface area (Å²) in [6, 6.07) is 0. The second kappa shape index (κ2) is 2.71. The maximum atomic E-state index is 11.0. The molecule has 0 unspecified atom stereocenters. The minimum Gasteiger partial charge on any atom is -0.289 e. The minimum atomic E-state index is -0.317. The summed E-state index contributed by atoms with van der Waals surface area (Å²) in [7, 11) is 1.69. The van der Waals surface area contributed by atoms with Gasteiger partial charge in [-0.15, -0.1) is 0 Å². The molecular weight excluding hydrogens is 144 g/mol. The van der Waals surface area contributed by atoms with E-state index in [1.165, 1.54) is 4.68 Å². The highest BCUT2D eigenvalue weighted by atomic mass is 16.2. The van der Waals surface area contributed by atoms with Crippen LogP contribution >= 0.6 is 0 Å². The number of hydrazine groups is 1. The number of aryl methyl sites for hydroxylation is 2. The predicted octanol–water partition coefficient (Wildman–Crippen LogP) is -0.668. The van der Waals surface area contributed by atoms with E-state index in [0.717, 1.165) is 5.56 Å². The molecule has 1 heterocycles. The average molecular weight is 154 g/mol. The molecule has 3 N–H and O–H groups in total. The molecule has 0 aliphatic rings. The zero-order chi connectivity index (χ0) is 8.43. The summed E-state index contributed by atoms with van der Waals surface area (Å²) in [4.78, 5) is 11.0. The van der Waals surface area contributed by atoms with E-state index in [1.54, 1.807) is 20.2 Å². The first-order valence-corrected chi connectivity index (χ1v) is 3.16. The van der Waals surface area contributed by atoms with Gasteiger partial charge in [0.25, 0.3) is 5.91 Å². The van der Waals surface area contributed by atoms with Crippen LogP contribution in [-0.4, -0.2) is 15.7 Å². The van der Waals surface area contributed by atoms with Crippen molar-refractivity contribution in [3.63, 3.8) is 0 Å². The molecule has 0 aliphatic carbocycles. The molecule has 1 rings (SSSR count). The van der Waals surface area contributed by atoms with Gasteiger partial charge in [0.05, 0.1) is 6.20 Å². The largest absolute Gasteiger partial charge is 0.289 e. The highest BCUT2D eigenvalue weighted by molar-refractivity contribution is 5.93. The van der Waals surface area contributed by atoms with E-state index in [0.29, 0.717) is 5.69 Å². The van der Waals surface area contributed by atoms with Gasteiger partial charge in [-0.3, -0.25) is 14.9 Å². The SMILES string of the molecule is Cc1cnn(C)c1C(=O)NN. The van der Waals surface area contributed by atoms with E-state index in [-0.39, 0.29) is 5.91 Å². The van der Waals surface area contributed by atoms with E-state index < -0.39 is 0 Å². The average Bonchev–Trinajstić information content (AvgIpc) is 2.30. The molecule has 1 amide bonds. The number of amides is 1. The Bertz CT molecular complexity index is 259. The molecule has 60 valence electrons. The molecular formula is C6H10N4O. The zero-order valence-electron chi connectivity index (χ0n) is 6.46. The lowest BCUT2D eigenvalue weighted by atomic mass is 10.3. The summed E-state index contributed by atoms with van der Waals surface area (Å²) in [6.07, 6.45) is 1.62. The van der Waals surface area contributed by atoms with Gasteiger partial charge in [-0.25, -0.2) is 5.84 Å². The number of hydrogen-bond donors (Lipinski definition) is 2. The third-order valence-corrected chi connectivity index (χ3v) is 1.47. The van der Waals surface area contributed by atoms with Crippen LogP contribution in [0.15, 0.2) is 6.20 Å². The fourth-order valence-electron chi connectivity index (χ4n) is 0.942. The van der Waals surface area contributed by atoms with Crippen LogP contribution in [0.4, 0.5) is 0 Å². The van der Waals surface area contributed by atoms with Gasteiger partial charge in [0.1, 0.15) is 5.69 Å². The van der Waals surface area contributed by atoms with Crippen molar-refractivity contribution in [3.05, 3.63) is 17.5 Å². The molecule has 1 aromatic heterocycles. The van der Waals surface area contributed by atoms with Gasteiger partial charge in [-0.2, -0.15) is 5.10 Å². The van der Waals surface area contributed by atoms with E-state index in [2.05, 4.69) is 5.10 Å². The quantitative estimate of drug-likeness (QED) is 0.320. The number of carbonyl (C=O) groups is 1. The molecule has 0 aromatic carbocycles. The van der Waals surface area contributed by atoms with Crippen LogP contribution in [0, 0.1) is 6.92 Å². The normalized spacial score (nSPS) is 9.73. The van der Waals surface area contributed by atoms with Crippen LogP contribution in [-0.2, 0) is 7.05 Å². The highest BCUT2D eigenvalue weighted by Crippen LogP contribution is 2.03. The first kappa shape index (κ1) is 7.74. The van der Waals surface area contributed by atoms with Gasteiger partial charge in [0.2, 0.25) is 0 Å². The van der Waals surface area contributed by atoms with Gasteiger partial charge >= 0.3 is 0 Å². The minimum absolute atomic E-state index is 0.317. The second-order valence-corrected chi connectivity index (χ2v) is 2.27. The van der Waals surface area contributed by atoms with Gasteiger partial charge in [-0.1, -0.05) is 0 Å². The Hall–Kier alpha value is -1.36. The zero-order valence-corrected chi connectivity index (χ0v) is 6.46. The summed E-state index contributed by atoms with van der Waals surface area (Å²) >= 11 is 0. The van der Waals surface area contributed by atoms with Crippen molar-refractivity contribution < 1.29 is 4.79 Å². The summed E-state index contributed by atoms with van der Waals surface area (Å²) in [5, 5.41) is 3.89. The first-order chi connectivity index (χ1) is 5.16. The van der Waals surface area contributed by atoms with Crippen LogP contribution in [0.2, 0.25) is 0 Å². The van der Waals surface area contributed by atoms with Crippen molar-refractivity contribution in [3.8, 4) is 0 Å². The van der Waals surface area contributed by atoms with Crippen LogP contribution in [0.1, 0.15) is 16.1 Å². The Morgan fingerprint density at radius 2 is 2.45 bits per heavy atom. The number of rotatable bonds is 1. The van der Waals surface area contributed by atoms with E-state index in [1.807, 2.05) is 5.43 Å². The lowest BCUT2D eigenvalue weighted by molar-refractivity contribution is 0.0943. The van der Waals surface area contributed by atoms with Crippen molar-refractivity contribution in [2.45, 2.75) is 6.92 Å². The summed E-state index contributed by atoms with van der Waals surface area (Å²) in [5.74, 6) is 4.64. The number of nitrogens with two attached hydrogens (primary N) is 1. The van der Waals surface area contributed by atoms with Gasteiger partial charge in [0, 0.05) is 12.6 Å². The Balaban J connectivity index is 3.10. The van der Waals surface area contributed by atoms with Crippen LogP contribution in [0.3, 0.4) is 0 Å². The topological polar surface area (TPSA) is 72.9 Å². The number of nitrogen functional groups attached to an aromatic ring is 1. The van der Waals surface area contributed by atoms with Crippen molar-refractivity contribution in [2.24, 2.45) is 12.9 Å². The Morgan fingerprint density at radius 3 is 2.82 bits per heavy atom. The van der Waals surface area contributed by atoms with Crippen molar-refractivity contribution in [1.29, 1.82) is 0 Å². The Labute approximate surface area is 64.2 Å². The monoisotopic (exact) mass is 154 g/mol. The number of nitrogens with zero attached hydrogens (tertiary/aromatic N) is 2. The molecule has 0 spiro atoms. The van der Waals surface area contributed by atoms with E-state index in [4.69, 9.17) is 5.84 Å². The number of aromatic nitrogens is 2. The maximum absolute atomic E-state index is 11.0. The molecule has 0 radical (unpaired) electrons. The lowest BCUT2D eigenvalue weighted by Gasteiger charge is -1.99. The molecule has 11 heavy (non-hydrogen) atoms. The molecule has 0 atom stereocenters. The smallest absolute Gasteiger partial charge is 0.283 e. The van der Waals surface area contributed by atoms with Gasteiger partial charge in [-0.05, 0) is 6.92 Å². The third-order valence-electron chi connectivity index (χ3n) is 1.47. The highest BCUT2D eigenvalue weighted by Gasteiger charge is 2.11. The molecule has 5 nitrogen and oxygen atoms in total. The molecule has 0 bridgehead atoms. The summed E-state index contributed by atoms with van der Waals surface area (Å²) in [5.41, 5.74) is 3.36. The molecule has 0 fully saturated rings. The molecule has 5 heteroatoms. The van der Waals surface area contributed by atoms with Crippen LogP contribution in [0.5, 0.6) is 0 Å². The lowest BCUT2D eigenvalue weighted by Crippen LogP contribution is -2.32. The first-order valence-electron chi connectivity index (χ1n) is 3.16. The van der Waals surface area contributed by atoms with Crippen molar-refractivity contribution in [1.82, 2.24) is 15.2 Å². The maximum Gasteiger partial charge on any atom is 0.283 e. The molecule has 0 aliphatic heterocycles. The third kappa shape index (κ3) is 1.22. The Morgan fingerprint density at radius 1 is 1.82 bits per heavy atom. The summed E-state index contributed by atoms with van der Waals surface area (Å²) < 4.78 is 1.48. The van der Waals surface area contributed by atoms with Crippen molar-refractivity contribution in [2.75, 3.05) is 0 Å². The van der Waals surface area contributed by atoms with Crippen LogP contribution < -0.4 is 11.3 Å². The van der Waals surface area contributed by atoms with E-state index >= 15 is 0 Å². The van der Waals surface area contributed by atoms with E-state index in [9.17, 15) is 4.79 Å². The fraction of sp³-hybridized carbons (Fsp3) is 0.333.